The molecule has 48 heavy (non-hydrogen) atoms. The number of nitrogens with one attached hydrogen (secondary N) is 2. The van der Waals surface area contributed by atoms with Crippen molar-refractivity contribution in [3.8, 4) is 0 Å². The van der Waals surface area contributed by atoms with E-state index in [1.165, 1.54) is 64.2 Å². The van der Waals surface area contributed by atoms with E-state index in [4.69, 9.17) is 4.18 Å². The first-order valence-electron chi connectivity index (χ1n) is 19.8. The summed E-state index contributed by atoms with van der Waals surface area (Å²) in [5.41, 5.74) is 0.545. The third kappa shape index (κ3) is 9.17. The fraction of sp³-hybridized carbons (Fsp3) is 0.974. The molecule has 0 radical (unpaired) electrons. The molecule has 0 bridgehead atoms. The molecule has 9 nitrogen and oxygen atoms in total. The summed E-state index contributed by atoms with van der Waals surface area (Å²) in [6.07, 6.45) is 17.2. The van der Waals surface area contributed by atoms with E-state index in [-0.39, 0.29) is 17.4 Å². The molecule has 11 atom stereocenters. The number of aliphatic imine (C=N–C) groups is 1. The van der Waals surface area contributed by atoms with Crippen LogP contribution in [0.4, 0.5) is 0 Å². The molecule has 5 rings (SSSR count). The number of unbranched alkanes of at least 4 members (excludes halogenated alkanes) is 1. The van der Waals surface area contributed by atoms with Crippen molar-refractivity contribution in [3.05, 3.63) is 0 Å². The van der Waals surface area contributed by atoms with E-state index in [9.17, 15) is 18.1 Å². The van der Waals surface area contributed by atoms with Gasteiger partial charge in [0.25, 0.3) is 0 Å². The molecule has 0 saturated heterocycles. The van der Waals surface area contributed by atoms with Crippen LogP contribution in [-0.2, 0) is 14.6 Å². The molecule has 0 aromatic carbocycles. The molecule has 1 heterocycles. The summed E-state index contributed by atoms with van der Waals surface area (Å²) in [5, 5.41) is 19.4. The van der Waals surface area contributed by atoms with Crippen LogP contribution in [0.15, 0.2) is 4.99 Å². The van der Waals surface area contributed by atoms with Gasteiger partial charge in [-0.3, -0.25) is 9.55 Å². The summed E-state index contributed by atoms with van der Waals surface area (Å²) in [4.78, 5) is 6.73. The molecular formula is C38H70N4O5S. The van der Waals surface area contributed by atoms with Crippen molar-refractivity contribution in [2.45, 2.75) is 143 Å². The maximum atomic E-state index is 11.8. The zero-order valence-electron chi connectivity index (χ0n) is 30.9. The minimum absolute atomic E-state index is 0.0144. The number of aliphatic hydroxyl groups is 1. The van der Waals surface area contributed by atoms with E-state index >= 15 is 0 Å². The van der Waals surface area contributed by atoms with Crippen LogP contribution < -0.4 is 10.6 Å². The summed E-state index contributed by atoms with van der Waals surface area (Å²) in [6.45, 7) is 17.8. The largest absolute Gasteiger partial charge is 0.397 e. The van der Waals surface area contributed by atoms with Crippen LogP contribution in [0, 0.1) is 52.3 Å². The Morgan fingerprint density at radius 3 is 2.44 bits per heavy atom. The van der Waals surface area contributed by atoms with Crippen LogP contribution in [0.2, 0.25) is 0 Å². The highest BCUT2D eigenvalue weighted by Gasteiger charge is 2.62. The van der Waals surface area contributed by atoms with E-state index < -0.39 is 16.5 Å². The van der Waals surface area contributed by atoms with Crippen molar-refractivity contribution < 1.29 is 22.3 Å². The van der Waals surface area contributed by atoms with Gasteiger partial charge in [-0.05, 0) is 162 Å². The first-order chi connectivity index (χ1) is 22.8. The van der Waals surface area contributed by atoms with Gasteiger partial charge in [0.1, 0.15) is 0 Å². The maximum Gasteiger partial charge on any atom is 0.397 e. The van der Waals surface area contributed by atoms with Crippen LogP contribution in [0.1, 0.15) is 125 Å². The molecule has 3 unspecified atom stereocenters. The zero-order valence-corrected chi connectivity index (χ0v) is 31.7. The standard InChI is InChI=1S/C38H70N4O5S/c1-27(2)35(47-48(44,45)46)13-10-28(3)31-11-12-32-36-33(15-17-38(31,32)5)37(4)16-14-30(24-29(37)25-34(36)43)41-21-8-19-39-18-6-7-22-42-23-9-20-40-26-42/h26-36,39,41,43H,6-25H2,1-5H3,(H,44,45,46)/t28-,29+,30+,31-,32?,33?,34-,35-,36?,37+,38-/m1/s1. The molecule has 278 valence electrons. The lowest BCUT2D eigenvalue weighted by atomic mass is 9.43. The van der Waals surface area contributed by atoms with Crippen molar-refractivity contribution in [2.24, 2.45) is 57.2 Å². The normalized spacial score (nSPS) is 38.0. The highest BCUT2D eigenvalue weighted by Crippen LogP contribution is 2.68. The number of hydrogen-bond acceptors (Lipinski definition) is 8. The second-order valence-electron chi connectivity index (χ2n) is 17.5. The van der Waals surface area contributed by atoms with Gasteiger partial charge in [0, 0.05) is 25.7 Å². The lowest BCUT2D eigenvalue weighted by Crippen LogP contribution is -2.59. The molecule has 0 amide bonds. The molecule has 4 fully saturated rings. The van der Waals surface area contributed by atoms with Gasteiger partial charge in [0.05, 0.1) is 18.5 Å². The third-order valence-electron chi connectivity index (χ3n) is 14.3. The Balaban J connectivity index is 1.06. The van der Waals surface area contributed by atoms with Gasteiger partial charge in [0.2, 0.25) is 0 Å². The first-order valence-corrected chi connectivity index (χ1v) is 21.2. The van der Waals surface area contributed by atoms with Crippen molar-refractivity contribution in [1.29, 1.82) is 0 Å². The average molecular weight is 695 g/mol. The Morgan fingerprint density at radius 2 is 1.71 bits per heavy atom. The van der Waals surface area contributed by atoms with Gasteiger partial charge in [-0.2, -0.15) is 8.42 Å². The molecule has 4 N–H and O–H groups in total. The van der Waals surface area contributed by atoms with E-state index in [1.807, 2.05) is 20.2 Å². The average Bonchev–Trinajstić information content (AvgIpc) is 3.39. The second kappa shape index (κ2) is 16.7. The van der Waals surface area contributed by atoms with Crippen LogP contribution in [-0.4, -0.2) is 86.8 Å². The Morgan fingerprint density at radius 1 is 0.958 bits per heavy atom. The topological polar surface area (TPSA) is 123 Å². The summed E-state index contributed by atoms with van der Waals surface area (Å²) in [6, 6.07) is 0.572. The minimum Gasteiger partial charge on any atom is -0.393 e. The van der Waals surface area contributed by atoms with Crippen LogP contribution >= 0.6 is 0 Å². The quantitative estimate of drug-likeness (QED) is 0.103. The Bertz CT molecular complexity index is 1150. The van der Waals surface area contributed by atoms with Crippen LogP contribution in [0.25, 0.3) is 0 Å². The molecule has 5 aliphatic rings. The van der Waals surface area contributed by atoms with Crippen molar-refractivity contribution in [3.63, 3.8) is 0 Å². The van der Waals surface area contributed by atoms with E-state index in [0.717, 1.165) is 58.5 Å². The van der Waals surface area contributed by atoms with Crippen LogP contribution in [0.3, 0.4) is 0 Å². The molecule has 4 aliphatic carbocycles. The third-order valence-corrected chi connectivity index (χ3v) is 14.8. The summed E-state index contributed by atoms with van der Waals surface area (Å²) in [7, 11) is -4.46. The number of fused-ring (bicyclic) bond motifs is 5. The van der Waals surface area contributed by atoms with Gasteiger partial charge in [-0.25, -0.2) is 4.18 Å². The number of hydrogen-bond donors (Lipinski definition) is 4. The summed E-state index contributed by atoms with van der Waals surface area (Å²) < 4.78 is 37.2. The summed E-state index contributed by atoms with van der Waals surface area (Å²) >= 11 is 0. The molecule has 0 spiro atoms. The monoisotopic (exact) mass is 695 g/mol. The first kappa shape index (κ1) is 38.5. The lowest BCUT2D eigenvalue weighted by molar-refractivity contribution is -0.167. The predicted octanol–water partition coefficient (Wildman–Crippen LogP) is 6.33. The van der Waals surface area contributed by atoms with Crippen LogP contribution in [0.5, 0.6) is 0 Å². The Kier molecular flexibility index (Phi) is 13.4. The van der Waals surface area contributed by atoms with Gasteiger partial charge in [-0.15, -0.1) is 0 Å². The van der Waals surface area contributed by atoms with Gasteiger partial charge in [0.15, 0.2) is 0 Å². The smallest absolute Gasteiger partial charge is 0.393 e. The zero-order chi connectivity index (χ0) is 34.5. The molecular weight excluding hydrogens is 625 g/mol. The fourth-order valence-electron chi connectivity index (χ4n) is 11.6. The molecule has 1 aliphatic heterocycles. The second-order valence-corrected chi connectivity index (χ2v) is 18.6. The summed E-state index contributed by atoms with van der Waals surface area (Å²) in [5.74, 6) is 3.21. The van der Waals surface area contributed by atoms with Crippen molar-refractivity contribution in [1.82, 2.24) is 15.5 Å². The molecule has 10 heteroatoms. The maximum absolute atomic E-state index is 11.8. The number of nitrogens with zero attached hydrogens (tertiary/aromatic N) is 2. The van der Waals surface area contributed by atoms with Gasteiger partial charge < -0.3 is 20.6 Å². The van der Waals surface area contributed by atoms with Gasteiger partial charge in [-0.1, -0.05) is 34.6 Å². The SMILES string of the molecule is CC(C)[C@@H](CC[C@@H](C)[C@H]1CCC2C3C(CC[C@@]21C)[C@@]1(C)CC[C@H](NCCCNCCCCN2C=NCCC2)C[C@H]1C[C@H]3O)OS(=O)(=O)O. The number of aliphatic hydroxyl groups excluding tert-OH is 1. The van der Waals surface area contributed by atoms with Crippen molar-refractivity contribution in [2.75, 3.05) is 39.3 Å². The highest BCUT2D eigenvalue weighted by molar-refractivity contribution is 7.80. The van der Waals surface area contributed by atoms with Gasteiger partial charge >= 0.3 is 10.4 Å². The Labute approximate surface area is 293 Å². The highest BCUT2D eigenvalue weighted by atomic mass is 32.3. The Hall–Kier alpha value is -0.780. The van der Waals surface area contributed by atoms with E-state index in [0.29, 0.717) is 53.4 Å². The van der Waals surface area contributed by atoms with Crippen molar-refractivity contribution >= 4 is 16.7 Å². The van der Waals surface area contributed by atoms with E-state index in [1.54, 1.807) is 0 Å². The minimum atomic E-state index is -4.46. The number of rotatable bonds is 17. The molecule has 0 aromatic rings. The lowest BCUT2D eigenvalue weighted by Gasteiger charge is -2.62. The predicted molar refractivity (Wildman–Crippen MR) is 194 cm³/mol. The molecule has 4 saturated carbocycles. The molecule has 0 aromatic heterocycles. The van der Waals surface area contributed by atoms with E-state index in [2.05, 4.69) is 41.3 Å². The fourth-order valence-corrected chi connectivity index (χ4v) is 12.3.